The first-order valence-corrected chi connectivity index (χ1v) is 11.6. The number of nitrogens with zero attached hydrogens (tertiary/aromatic N) is 2. The van der Waals surface area contributed by atoms with Crippen molar-refractivity contribution in [3.8, 4) is 0 Å². The van der Waals surface area contributed by atoms with E-state index in [-0.39, 0.29) is 32.6 Å². The molecule has 2 amide bonds. The molecule has 3 aromatic rings. The number of methoxy groups -OCH3 is 2. The molecule has 4 rings (SSSR count). The van der Waals surface area contributed by atoms with Gasteiger partial charge in [-0.1, -0.05) is 38.1 Å². The first kappa shape index (κ1) is 24.0. The molecular formula is C27H32N2O5. The molecule has 7 nitrogen and oxygen atoms in total. The number of benzene rings is 3. The van der Waals surface area contributed by atoms with Gasteiger partial charge in [0.1, 0.15) is 19.6 Å². The fraction of sp³-hybridized carbons (Fsp3) is 0.407. The molecule has 0 bridgehead atoms. The summed E-state index contributed by atoms with van der Waals surface area (Å²) in [6.07, 6.45) is 0.603. The van der Waals surface area contributed by atoms with Crippen molar-refractivity contribution in [2.45, 2.75) is 32.3 Å². The summed E-state index contributed by atoms with van der Waals surface area (Å²) in [6.45, 7) is 5.21. The van der Waals surface area contributed by atoms with Crippen LogP contribution in [0.2, 0.25) is 0 Å². The second-order valence-electron chi connectivity index (χ2n) is 8.92. The number of rotatable bonds is 8. The predicted molar refractivity (Wildman–Crippen MR) is 132 cm³/mol. The van der Waals surface area contributed by atoms with Crippen LogP contribution in [0.25, 0.3) is 21.5 Å². The van der Waals surface area contributed by atoms with Gasteiger partial charge in [0.25, 0.3) is 0 Å². The first-order valence-electron chi connectivity index (χ1n) is 11.6. The average molecular weight is 465 g/mol. The van der Waals surface area contributed by atoms with Crippen LogP contribution in [0.5, 0.6) is 0 Å². The third-order valence-electron chi connectivity index (χ3n) is 6.47. The smallest absolute Gasteiger partial charge is 0.338 e. The molecule has 1 aliphatic rings. The fourth-order valence-electron chi connectivity index (χ4n) is 4.41. The predicted octanol–water partition coefficient (Wildman–Crippen LogP) is 4.98. The van der Waals surface area contributed by atoms with Gasteiger partial charge in [0.2, 0.25) is 0 Å². The maximum atomic E-state index is 13.0. The molecule has 0 N–H and O–H groups in total. The van der Waals surface area contributed by atoms with Gasteiger partial charge >= 0.3 is 12.0 Å². The van der Waals surface area contributed by atoms with E-state index in [1.807, 2.05) is 12.1 Å². The van der Waals surface area contributed by atoms with Crippen LogP contribution >= 0.6 is 0 Å². The van der Waals surface area contributed by atoms with Gasteiger partial charge in [-0.3, -0.25) is 9.80 Å². The third-order valence-corrected chi connectivity index (χ3v) is 6.47. The maximum absolute atomic E-state index is 13.0. The summed E-state index contributed by atoms with van der Waals surface area (Å²) in [7, 11) is 3.04. The number of hydrogen-bond donors (Lipinski definition) is 0. The second kappa shape index (κ2) is 10.4. The highest BCUT2D eigenvalue weighted by molar-refractivity contribution is 6.02. The van der Waals surface area contributed by atoms with Gasteiger partial charge in [-0.05, 0) is 63.7 Å². The molecule has 34 heavy (non-hydrogen) atoms. The van der Waals surface area contributed by atoms with Crippen molar-refractivity contribution < 1.29 is 23.8 Å². The average Bonchev–Trinajstić information content (AvgIpc) is 2.84. The number of fused-ring (bicyclic) bond motifs is 2. The molecule has 1 fully saturated rings. The third kappa shape index (κ3) is 5.00. The van der Waals surface area contributed by atoms with Crippen LogP contribution in [0.3, 0.4) is 0 Å². The van der Waals surface area contributed by atoms with Crippen LogP contribution in [0.15, 0.2) is 48.5 Å². The maximum Gasteiger partial charge on any atom is 0.338 e. The minimum Gasteiger partial charge on any atom is -0.455 e. The van der Waals surface area contributed by atoms with Crippen molar-refractivity contribution in [3.05, 3.63) is 59.7 Å². The Kier molecular flexibility index (Phi) is 7.34. The lowest BCUT2D eigenvalue weighted by Gasteiger charge is -2.38. The highest BCUT2D eigenvalue weighted by Gasteiger charge is 2.34. The molecule has 1 aliphatic heterocycles. The summed E-state index contributed by atoms with van der Waals surface area (Å²) in [5.74, 6) is 0.0866. The van der Waals surface area contributed by atoms with E-state index < -0.39 is 12.1 Å². The number of carbonyl (C=O) groups excluding carboxylic acids is 2. The van der Waals surface area contributed by atoms with E-state index in [4.69, 9.17) is 14.2 Å². The molecule has 0 radical (unpaired) electrons. The minimum absolute atomic E-state index is 0.120. The van der Waals surface area contributed by atoms with Gasteiger partial charge in [-0.25, -0.2) is 9.59 Å². The van der Waals surface area contributed by atoms with Gasteiger partial charge in [-0.2, -0.15) is 0 Å². The number of carbonyl (C=O) groups is 2. The van der Waals surface area contributed by atoms with Crippen molar-refractivity contribution in [2.24, 2.45) is 0 Å². The number of ether oxygens (including phenoxy) is 3. The second-order valence-corrected chi connectivity index (χ2v) is 8.92. The van der Waals surface area contributed by atoms with E-state index in [0.29, 0.717) is 11.5 Å². The lowest BCUT2D eigenvalue weighted by Crippen LogP contribution is -2.57. The zero-order chi connectivity index (χ0) is 24.2. The summed E-state index contributed by atoms with van der Waals surface area (Å²) >= 11 is 0. The number of esters is 1. The highest BCUT2D eigenvalue weighted by Crippen LogP contribution is 2.28. The zero-order valence-corrected chi connectivity index (χ0v) is 20.2. The van der Waals surface area contributed by atoms with E-state index in [0.717, 1.165) is 22.6 Å². The van der Waals surface area contributed by atoms with E-state index in [1.54, 1.807) is 6.07 Å². The summed E-state index contributed by atoms with van der Waals surface area (Å²) < 4.78 is 16.0. The van der Waals surface area contributed by atoms with Crippen LogP contribution < -0.4 is 0 Å². The summed E-state index contributed by atoms with van der Waals surface area (Å²) in [6, 6.07) is 16.3. The molecule has 180 valence electrons. The molecule has 1 atom stereocenters. The Morgan fingerprint density at radius 3 is 2.12 bits per heavy atom. The molecule has 0 spiro atoms. The van der Waals surface area contributed by atoms with Crippen LogP contribution in [-0.4, -0.2) is 68.7 Å². The van der Waals surface area contributed by atoms with Gasteiger partial charge in [-0.15, -0.1) is 0 Å². The van der Waals surface area contributed by atoms with Crippen LogP contribution in [0.4, 0.5) is 4.79 Å². The monoisotopic (exact) mass is 464 g/mol. The Morgan fingerprint density at radius 2 is 1.50 bits per heavy atom. The van der Waals surface area contributed by atoms with Gasteiger partial charge in [0.15, 0.2) is 0 Å². The summed E-state index contributed by atoms with van der Waals surface area (Å²) in [5.41, 5.74) is 1.80. The van der Waals surface area contributed by atoms with Gasteiger partial charge in [0, 0.05) is 14.2 Å². The van der Waals surface area contributed by atoms with Crippen molar-refractivity contribution >= 4 is 33.5 Å². The molecule has 0 aliphatic carbocycles. The largest absolute Gasteiger partial charge is 0.455 e. The molecule has 1 heterocycles. The topological polar surface area (TPSA) is 68.3 Å². The Bertz CT molecular complexity index is 1180. The molecule has 1 unspecified atom stereocenters. The normalized spacial score (nSPS) is 15.8. The van der Waals surface area contributed by atoms with Crippen LogP contribution in [0.1, 0.15) is 42.1 Å². The Hall–Kier alpha value is -3.16. The Morgan fingerprint density at radius 1 is 0.912 bits per heavy atom. The number of urea groups is 1. The van der Waals surface area contributed by atoms with E-state index >= 15 is 0 Å². The van der Waals surface area contributed by atoms with Crippen molar-refractivity contribution in [1.29, 1.82) is 0 Å². The zero-order valence-electron chi connectivity index (χ0n) is 20.2. The van der Waals surface area contributed by atoms with E-state index in [2.05, 4.69) is 44.2 Å². The lowest BCUT2D eigenvalue weighted by molar-refractivity contribution is -0.0401. The molecule has 1 saturated heterocycles. The molecule has 7 heteroatoms. The van der Waals surface area contributed by atoms with Crippen molar-refractivity contribution in [1.82, 2.24) is 9.80 Å². The standard InChI is InChI=1S/C27H32N2O5/c1-5-18(2)19-6-7-20-11-21-8-9-22(12-24(21)13-23(20)10-19)26(30)34-25-14-28(16-32-3)27(31)29(15-25)17-33-4/h6-13,18,25H,5,14-17H2,1-4H3. The fourth-order valence-corrected chi connectivity index (χ4v) is 4.41. The van der Waals surface area contributed by atoms with Gasteiger partial charge in [0.05, 0.1) is 18.7 Å². The first-order chi connectivity index (χ1) is 16.4. The summed E-state index contributed by atoms with van der Waals surface area (Å²) in [4.78, 5) is 28.5. The lowest BCUT2D eigenvalue weighted by atomic mass is 9.94. The SMILES string of the molecule is CCC(C)c1ccc2cc3ccc(C(=O)OC4CN(COC)C(=O)N(COC)C4)cc3cc2c1. The Balaban J connectivity index is 1.56. The molecule has 0 aromatic heterocycles. The quantitative estimate of drug-likeness (QED) is 0.348. The molecule has 3 aromatic carbocycles. The number of hydrogen-bond acceptors (Lipinski definition) is 5. The minimum atomic E-state index is -0.485. The Labute approximate surface area is 200 Å². The van der Waals surface area contributed by atoms with E-state index in [9.17, 15) is 9.59 Å². The van der Waals surface area contributed by atoms with Crippen molar-refractivity contribution in [3.63, 3.8) is 0 Å². The molecular weight excluding hydrogens is 432 g/mol. The van der Waals surface area contributed by atoms with E-state index in [1.165, 1.54) is 35.0 Å². The molecule has 0 saturated carbocycles. The number of amides is 2. The summed E-state index contributed by atoms with van der Waals surface area (Å²) in [5, 5.41) is 4.40. The van der Waals surface area contributed by atoms with Crippen LogP contribution in [0, 0.1) is 0 Å². The van der Waals surface area contributed by atoms with Crippen molar-refractivity contribution in [2.75, 3.05) is 40.8 Å². The van der Waals surface area contributed by atoms with Gasteiger partial charge < -0.3 is 14.2 Å². The highest BCUT2D eigenvalue weighted by atomic mass is 16.5. The van der Waals surface area contributed by atoms with Crippen LogP contribution in [-0.2, 0) is 14.2 Å².